The number of sulfonamides is 1. The Morgan fingerprint density at radius 1 is 1.47 bits per heavy atom. The number of nitrogens with zero attached hydrogens (tertiary/aromatic N) is 1. The van der Waals surface area contributed by atoms with Crippen LogP contribution in [0.1, 0.15) is 5.69 Å². The molecule has 1 aromatic heterocycles. The van der Waals surface area contributed by atoms with Crippen molar-refractivity contribution in [1.82, 2.24) is 5.16 Å². The Labute approximate surface area is 90.8 Å². The lowest BCUT2D eigenvalue weighted by molar-refractivity contribution is 0.448. The normalized spacial score (nSPS) is 12.1. The Hall–Kier alpha value is -1.11. The van der Waals surface area contributed by atoms with Crippen molar-refractivity contribution in [3.8, 4) is 0 Å². The van der Waals surface area contributed by atoms with Gasteiger partial charge in [-0.25, -0.2) is 13.6 Å². The molecule has 0 amide bonds. The smallest absolute Gasteiger partial charge is 0.214 e. The van der Waals surface area contributed by atoms with Gasteiger partial charge >= 0.3 is 0 Å². The van der Waals surface area contributed by atoms with Crippen molar-refractivity contribution in [3.05, 3.63) is 28.9 Å². The molecule has 2 rings (SSSR count). The zero-order valence-electron chi connectivity index (χ0n) is 7.47. The second-order valence-corrected chi connectivity index (χ2v) is 5.13. The van der Waals surface area contributed by atoms with Crippen molar-refractivity contribution < 1.29 is 12.9 Å². The summed E-state index contributed by atoms with van der Waals surface area (Å²) >= 11 is 5.77. The van der Waals surface area contributed by atoms with Gasteiger partial charge in [0, 0.05) is 10.4 Å². The summed E-state index contributed by atoms with van der Waals surface area (Å²) in [6.45, 7) is 0. The van der Waals surface area contributed by atoms with Crippen molar-refractivity contribution in [2.75, 3.05) is 0 Å². The van der Waals surface area contributed by atoms with Crippen LogP contribution in [0, 0.1) is 0 Å². The number of halogens is 1. The predicted octanol–water partition coefficient (Wildman–Crippen LogP) is 1.27. The van der Waals surface area contributed by atoms with Gasteiger partial charge in [0.15, 0.2) is 5.58 Å². The molecule has 0 fully saturated rings. The minimum atomic E-state index is -3.62. The number of aromatic nitrogens is 1. The third kappa shape index (κ3) is 2.28. The van der Waals surface area contributed by atoms with Gasteiger partial charge in [0.25, 0.3) is 0 Å². The molecule has 0 aliphatic heterocycles. The highest BCUT2D eigenvalue weighted by Crippen LogP contribution is 2.23. The molecule has 5 nitrogen and oxygen atoms in total. The third-order valence-electron chi connectivity index (χ3n) is 1.84. The molecule has 7 heteroatoms. The summed E-state index contributed by atoms with van der Waals surface area (Å²) in [6.07, 6.45) is 0. The quantitative estimate of drug-likeness (QED) is 0.865. The fourth-order valence-electron chi connectivity index (χ4n) is 1.26. The van der Waals surface area contributed by atoms with Crippen molar-refractivity contribution in [2.24, 2.45) is 5.14 Å². The first kappa shape index (κ1) is 10.4. The Balaban J connectivity index is 2.57. The van der Waals surface area contributed by atoms with Gasteiger partial charge in [-0.2, -0.15) is 0 Å². The molecule has 1 heterocycles. The molecular weight excluding hydrogens is 240 g/mol. The third-order valence-corrected chi connectivity index (χ3v) is 2.76. The molecule has 1 aromatic carbocycles. The Bertz CT molecular complexity index is 605. The van der Waals surface area contributed by atoms with Crippen LogP contribution in [0.4, 0.5) is 0 Å². The van der Waals surface area contributed by atoms with E-state index in [1.165, 1.54) is 0 Å². The van der Waals surface area contributed by atoms with Crippen LogP contribution >= 0.6 is 11.6 Å². The highest BCUT2D eigenvalue weighted by atomic mass is 35.5. The second-order valence-electron chi connectivity index (χ2n) is 3.08. The summed E-state index contributed by atoms with van der Waals surface area (Å²) in [4.78, 5) is 0. The molecule has 0 aliphatic carbocycles. The zero-order valence-corrected chi connectivity index (χ0v) is 9.05. The number of hydrogen-bond acceptors (Lipinski definition) is 4. The van der Waals surface area contributed by atoms with E-state index in [1.54, 1.807) is 18.2 Å². The van der Waals surface area contributed by atoms with Gasteiger partial charge in [0.2, 0.25) is 10.0 Å². The molecule has 15 heavy (non-hydrogen) atoms. The SMILES string of the molecule is NS(=O)(=O)Cc1noc2ccc(Cl)cc12. The lowest BCUT2D eigenvalue weighted by Gasteiger charge is -1.93. The molecule has 2 N–H and O–H groups in total. The van der Waals surface area contributed by atoms with Crippen LogP contribution in [-0.2, 0) is 15.8 Å². The van der Waals surface area contributed by atoms with E-state index in [4.69, 9.17) is 21.3 Å². The minimum Gasteiger partial charge on any atom is -0.356 e. The van der Waals surface area contributed by atoms with Crippen LogP contribution in [-0.4, -0.2) is 13.6 Å². The average Bonchev–Trinajstić information content (AvgIpc) is 2.46. The number of benzene rings is 1. The van der Waals surface area contributed by atoms with Crippen molar-refractivity contribution >= 4 is 32.6 Å². The van der Waals surface area contributed by atoms with E-state index in [-0.39, 0.29) is 11.4 Å². The number of nitrogens with two attached hydrogens (primary N) is 1. The molecule has 0 saturated heterocycles. The molecule has 0 unspecified atom stereocenters. The molecule has 0 saturated carbocycles. The maximum absolute atomic E-state index is 10.9. The highest BCUT2D eigenvalue weighted by Gasteiger charge is 2.13. The summed E-state index contributed by atoms with van der Waals surface area (Å²) in [5.74, 6) is -0.361. The van der Waals surface area contributed by atoms with Crippen molar-refractivity contribution in [2.45, 2.75) is 5.75 Å². The van der Waals surface area contributed by atoms with E-state index in [1.807, 2.05) is 0 Å². The van der Waals surface area contributed by atoms with Crippen LogP contribution in [0.25, 0.3) is 11.0 Å². The van der Waals surface area contributed by atoms with Crippen LogP contribution in [0.15, 0.2) is 22.7 Å². The van der Waals surface area contributed by atoms with Crippen LogP contribution < -0.4 is 5.14 Å². The second kappa shape index (κ2) is 3.48. The summed E-state index contributed by atoms with van der Waals surface area (Å²) < 4.78 is 26.7. The Morgan fingerprint density at radius 2 is 2.20 bits per heavy atom. The van der Waals surface area contributed by atoms with Crippen LogP contribution in [0.2, 0.25) is 5.02 Å². The summed E-state index contributed by atoms with van der Waals surface area (Å²) in [5.41, 5.74) is 0.757. The van der Waals surface area contributed by atoms with Gasteiger partial charge in [-0.3, -0.25) is 0 Å². The van der Waals surface area contributed by atoms with Gasteiger partial charge in [-0.1, -0.05) is 16.8 Å². The molecular formula is C8H7ClN2O3S. The van der Waals surface area contributed by atoms with Crippen LogP contribution in [0.3, 0.4) is 0 Å². The van der Waals surface area contributed by atoms with E-state index in [0.29, 0.717) is 16.0 Å². The van der Waals surface area contributed by atoms with Gasteiger partial charge in [0.05, 0.1) is 0 Å². The monoisotopic (exact) mass is 246 g/mol. The maximum Gasteiger partial charge on any atom is 0.214 e. The lowest BCUT2D eigenvalue weighted by atomic mass is 10.2. The molecule has 0 bridgehead atoms. The van der Waals surface area contributed by atoms with Gasteiger partial charge in [-0.15, -0.1) is 0 Å². The average molecular weight is 247 g/mol. The van der Waals surface area contributed by atoms with Gasteiger partial charge in [0.1, 0.15) is 11.4 Å². The van der Waals surface area contributed by atoms with Crippen molar-refractivity contribution in [1.29, 1.82) is 0 Å². The van der Waals surface area contributed by atoms with E-state index in [2.05, 4.69) is 5.16 Å². The van der Waals surface area contributed by atoms with Crippen LogP contribution in [0.5, 0.6) is 0 Å². The maximum atomic E-state index is 10.9. The Kier molecular flexibility index (Phi) is 2.41. The minimum absolute atomic E-state index is 0.273. The first-order valence-electron chi connectivity index (χ1n) is 4.00. The fourth-order valence-corrected chi connectivity index (χ4v) is 2.02. The number of fused-ring (bicyclic) bond motifs is 1. The van der Waals surface area contributed by atoms with E-state index in [0.717, 1.165) is 0 Å². The number of primary sulfonamides is 1. The largest absolute Gasteiger partial charge is 0.356 e. The predicted molar refractivity (Wildman–Crippen MR) is 55.8 cm³/mol. The number of rotatable bonds is 2. The van der Waals surface area contributed by atoms with E-state index in [9.17, 15) is 8.42 Å². The molecule has 80 valence electrons. The Morgan fingerprint density at radius 3 is 2.87 bits per heavy atom. The standard InChI is InChI=1S/C8H7ClN2O3S/c9-5-1-2-8-6(3-5)7(11-14-8)4-15(10,12)13/h1-3H,4H2,(H2,10,12,13). The zero-order chi connectivity index (χ0) is 11.1. The van der Waals surface area contributed by atoms with E-state index >= 15 is 0 Å². The molecule has 0 spiro atoms. The van der Waals surface area contributed by atoms with Crippen molar-refractivity contribution in [3.63, 3.8) is 0 Å². The van der Waals surface area contributed by atoms with E-state index < -0.39 is 10.0 Å². The summed E-state index contributed by atoms with van der Waals surface area (Å²) in [5, 5.41) is 9.60. The summed E-state index contributed by atoms with van der Waals surface area (Å²) in [6, 6.07) is 4.85. The topological polar surface area (TPSA) is 86.2 Å². The molecule has 0 atom stereocenters. The number of hydrogen-bond donors (Lipinski definition) is 1. The lowest BCUT2D eigenvalue weighted by Crippen LogP contribution is -2.14. The molecule has 0 radical (unpaired) electrons. The fraction of sp³-hybridized carbons (Fsp3) is 0.125. The van der Waals surface area contributed by atoms with Gasteiger partial charge < -0.3 is 4.52 Å². The first-order valence-corrected chi connectivity index (χ1v) is 6.09. The molecule has 0 aliphatic rings. The van der Waals surface area contributed by atoms with Gasteiger partial charge in [-0.05, 0) is 18.2 Å². The summed E-state index contributed by atoms with van der Waals surface area (Å²) in [7, 11) is -3.62. The highest BCUT2D eigenvalue weighted by molar-refractivity contribution is 7.88. The first-order chi connectivity index (χ1) is 6.96. The molecule has 2 aromatic rings.